The third-order valence-corrected chi connectivity index (χ3v) is 4.58. The van der Waals surface area contributed by atoms with Crippen LogP contribution < -0.4 is 0 Å². The van der Waals surface area contributed by atoms with E-state index in [-0.39, 0.29) is 11.2 Å². The molecule has 2 heterocycles. The van der Waals surface area contributed by atoms with Crippen LogP contribution in [0, 0.1) is 0 Å². The minimum Gasteiger partial charge on any atom is -0.379 e. The zero-order chi connectivity index (χ0) is 20.3. The summed E-state index contributed by atoms with van der Waals surface area (Å²) in [5, 5.41) is 0. The lowest BCUT2D eigenvalue weighted by molar-refractivity contribution is -0.0283. The molecule has 0 N–H and O–H groups in total. The highest BCUT2D eigenvalue weighted by Crippen LogP contribution is 2.07. The molecule has 2 aliphatic heterocycles. The van der Waals surface area contributed by atoms with Crippen LogP contribution in [0.3, 0.4) is 0 Å². The molecule has 2 fully saturated rings. The third kappa shape index (κ3) is 14.4. The highest BCUT2D eigenvalue weighted by Gasteiger charge is 2.15. The molecule has 2 aliphatic rings. The molecule has 162 valence electrons. The van der Waals surface area contributed by atoms with Crippen molar-refractivity contribution < 1.29 is 14.2 Å². The van der Waals surface area contributed by atoms with Crippen molar-refractivity contribution in [1.82, 2.24) is 14.7 Å². The molecule has 0 amide bonds. The number of ether oxygens (including phenoxy) is 3. The third-order valence-electron chi connectivity index (χ3n) is 4.58. The second kappa shape index (κ2) is 12.3. The van der Waals surface area contributed by atoms with Gasteiger partial charge in [0.05, 0.1) is 37.6 Å². The van der Waals surface area contributed by atoms with Gasteiger partial charge in [0.2, 0.25) is 0 Å². The van der Waals surface area contributed by atoms with Gasteiger partial charge in [0, 0.05) is 52.4 Å². The standard InChI is InChI=1S/C11H24N2O.C10H21NO2/c1-11(2,3)14-10-9-13-7-5-12(4)6-8-13;1-10(2,3)13-9-6-11-4-7-12-8-5-11/h5-10H2,1-4H3;4-9H2,1-3H3. The molecule has 0 bridgehead atoms. The summed E-state index contributed by atoms with van der Waals surface area (Å²) in [6, 6.07) is 0. The first-order valence-corrected chi connectivity index (χ1v) is 10.5. The minimum atomic E-state index is -0.00765. The van der Waals surface area contributed by atoms with Crippen LogP contribution in [0.2, 0.25) is 0 Å². The molecule has 2 saturated heterocycles. The van der Waals surface area contributed by atoms with Gasteiger partial charge in [-0.05, 0) is 48.6 Å². The average molecular weight is 388 g/mol. The van der Waals surface area contributed by atoms with Crippen LogP contribution in [0.4, 0.5) is 0 Å². The molecule has 6 nitrogen and oxygen atoms in total. The predicted molar refractivity (Wildman–Crippen MR) is 113 cm³/mol. The lowest BCUT2D eigenvalue weighted by Crippen LogP contribution is -2.45. The van der Waals surface area contributed by atoms with Crippen molar-refractivity contribution in [3.8, 4) is 0 Å². The Morgan fingerprint density at radius 2 is 1.07 bits per heavy atom. The lowest BCUT2D eigenvalue weighted by atomic mass is 10.2. The molecule has 0 aromatic rings. The highest BCUT2D eigenvalue weighted by molar-refractivity contribution is 4.69. The van der Waals surface area contributed by atoms with Crippen molar-refractivity contribution in [3.05, 3.63) is 0 Å². The fourth-order valence-corrected chi connectivity index (χ4v) is 2.86. The van der Waals surface area contributed by atoms with Gasteiger partial charge in [0.1, 0.15) is 0 Å². The van der Waals surface area contributed by atoms with Gasteiger partial charge >= 0.3 is 0 Å². The van der Waals surface area contributed by atoms with Crippen molar-refractivity contribution in [3.63, 3.8) is 0 Å². The van der Waals surface area contributed by atoms with E-state index < -0.39 is 0 Å². The van der Waals surface area contributed by atoms with Gasteiger partial charge in [-0.15, -0.1) is 0 Å². The van der Waals surface area contributed by atoms with Crippen molar-refractivity contribution in [2.24, 2.45) is 0 Å². The van der Waals surface area contributed by atoms with E-state index in [0.717, 1.165) is 52.6 Å². The molecular weight excluding hydrogens is 342 g/mol. The molecule has 0 radical (unpaired) electrons. The van der Waals surface area contributed by atoms with Crippen LogP contribution in [0.1, 0.15) is 41.5 Å². The number of hydrogen-bond donors (Lipinski definition) is 0. The van der Waals surface area contributed by atoms with Gasteiger partial charge in [0.15, 0.2) is 0 Å². The SMILES string of the molecule is CC(C)(C)OCCN1CCOCC1.CN1CCN(CCOC(C)(C)C)CC1. The Morgan fingerprint density at radius 3 is 1.48 bits per heavy atom. The fourth-order valence-electron chi connectivity index (χ4n) is 2.86. The highest BCUT2D eigenvalue weighted by atomic mass is 16.5. The van der Waals surface area contributed by atoms with Crippen LogP contribution in [0.5, 0.6) is 0 Å². The smallest absolute Gasteiger partial charge is 0.0600 e. The number of likely N-dealkylation sites (N-methyl/N-ethyl adjacent to an activating group) is 1. The second-order valence-electron chi connectivity index (χ2n) is 9.52. The zero-order valence-electron chi connectivity index (χ0n) is 19.1. The summed E-state index contributed by atoms with van der Waals surface area (Å²) >= 11 is 0. The maximum Gasteiger partial charge on any atom is 0.0600 e. The second-order valence-corrected chi connectivity index (χ2v) is 9.52. The fraction of sp³-hybridized carbons (Fsp3) is 1.00. The Morgan fingerprint density at radius 1 is 0.667 bits per heavy atom. The topological polar surface area (TPSA) is 37.4 Å². The van der Waals surface area contributed by atoms with Crippen molar-refractivity contribution in [2.45, 2.75) is 52.7 Å². The van der Waals surface area contributed by atoms with Gasteiger partial charge in [0.25, 0.3) is 0 Å². The molecule has 0 saturated carbocycles. The summed E-state index contributed by atoms with van der Waals surface area (Å²) in [7, 11) is 2.18. The van der Waals surface area contributed by atoms with E-state index in [1.807, 2.05) is 0 Å². The van der Waals surface area contributed by atoms with E-state index in [4.69, 9.17) is 14.2 Å². The Bertz CT molecular complexity index is 366. The molecule has 6 heteroatoms. The first kappa shape index (κ1) is 24.8. The van der Waals surface area contributed by atoms with Gasteiger partial charge in [-0.2, -0.15) is 0 Å². The lowest BCUT2D eigenvalue weighted by Gasteiger charge is -2.33. The molecule has 0 unspecified atom stereocenters. The summed E-state index contributed by atoms with van der Waals surface area (Å²) < 4.78 is 16.6. The average Bonchev–Trinajstić information content (AvgIpc) is 2.56. The normalized spacial score (nSPS) is 21.0. The molecule has 0 aromatic carbocycles. The molecule has 0 atom stereocenters. The number of nitrogens with zero attached hydrogens (tertiary/aromatic N) is 3. The first-order valence-electron chi connectivity index (χ1n) is 10.5. The monoisotopic (exact) mass is 387 g/mol. The first-order chi connectivity index (χ1) is 12.6. The summed E-state index contributed by atoms with van der Waals surface area (Å²) in [5.41, 5.74) is -0.00113. The van der Waals surface area contributed by atoms with E-state index >= 15 is 0 Å². The maximum atomic E-state index is 5.70. The largest absolute Gasteiger partial charge is 0.379 e. The molecule has 27 heavy (non-hydrogen) atoms. The van der Waals surface area contributed by atoms with E-state index in [0.29, 0.717) is 0 Å². The predicted octanol–water partition coefficient (Wildman–Crippen LogP) is 2.18. The van der Waals surface area contributed by atoms with Gasteiger partial charge < -0.3 is 19.1 Å². The van der Waals surface area contributed by atoms with Gasteiger partial charge in [-0.3, -0.25) is 9.80 Å². The van der Waals surface area contributed by atoms with Crippen LogP contribution in [0.25, 0.3) is 0 Å². The van der Waals surface area contributed by atoms with E-state index in [1.54, 1.807) is 0 Å². The van der Waals surface area contributed by atoms with E-state index in [9.17, 15) is 0 Å². The van der Waals surface area contributed by atoms with Crippen LogP contribution >= 0.6 is 0 Å². The number of piperazine rings is 1. The zero-order valence-corrected chi connectivity index (χ0v) is 19.1. The summed E-state index contributed by atoms with van der Waals surface area (Å²) in [6.07, 6.45) is 0. The summed E-state index contributed by atoms with van der Waals surface area (Å²) in [5.74, 6) is 0. The van der Waals surface area contributed by atoms with Gasteiger partial charge in [-0.1, -0.05) is 0 Å². The Labute approximate surface area is 168 Å². The Balaban J connectivity index is 0.000000271. The number of rotatable bonds is 6. The molecule has 0 aliphatic carbocycles. The number of morpholine rings is 1. The van der Waals surface area contributed by atoms with Crippen LogP contribution in [-0.2, 0) is 14.2 Å². The molecule has 0 spiro atoms. The Kier molecular flexibility index (Phi) is 11.3. The molecule has 0 aromatic heterocycles. The van der Waals surface area contributed by atoms with Gasteiger partial charge in [-0.25, -0.2) is 0 Å². The van der Waals surface area contributed by atoms with Crippen molar-refractivity contribution >= 4 is 0 Å². The number of hydrogen-bond acceptors (Lipinski definition) is 6. The van der Waals surface area contributed by atoms with Crippen molar-refractivity contribution in [2.75, 3.05) is 85.8 Å². The van der Waals surface area contributed by atoms with Crippen molar-refractivity contribution in [1.29, 1.82) is 0 Å². The van der Waals surface area contributed by atoms with E-state index in [2.05, 4.69) is 63.3 Å². The van der Waals surface area contributed by atoms with Crippen LogP contribution in [-0.4, -0.2) is 112 Å². The quantitative estimate of drug-likeness (QED) is 0.695. The minimum absolute atomic E-state index is 0.00653. The Hall–Kier alpha value is -0.240. The summed E-state index contributed by atoms with van der Waals surface area (Å²) in [6.45, 7) is 25.0. The molecule has 2 rings (SSSR count). The molecular formula is C21H45N3O3. The van der Waals surface area contributed by atoms with E-state index in [1.165, 1.54) is 26.2 Å². The summed E-state index contributed by atoms with van der Waals surface area (Å²) in [4.78, 5) is 7.24. The van der Waals surface area contributed by atoms with Crippen LogP contribution in [0.15, 0.2) is 0 Å². The maximum absolute atomic E-state index is 5.70.